The van der Waals surface area contributed by atoms with Crippen molar-refractivity contribution in [3.63, 3.8) is 0 Å². The molecule has 1 nitrogen and oxygen atoms in total. The predicted molar refractivity (Wildman–Crippen MR) is 43.0 cm³/mol. The molecule has 0 heterocycles. The molecule has 1 rings (SSSR count). The molecule has 0 aromatic heterocycles. The Morgan fingerprint density at radius 1 is 1.60 bits per heavy atom. The first kappa shape index (κ1) is 7.80. The zero-order valence-electron chi connectivity index (χ0n) is 7.05. The lowest BCUT2D eigenvalue weighted by Crippen LogP contribution is -2.05. The van der Waals surface area contributed by atoms with Crippen molar-refractivity contribution in [2.24, 2.45) is 5.92 Å². The molecule has 0 aromatic carbocycles. The van der Waals surface area contributed by atoms with Gasteiger partial charge < -0.3 is 4.74 Å². The van der Waals surface area contributed by atoms with Gasteiger partial charge >= 0.3 is 0 Å². The molecule has 0 bridgehead atoms. The first-order valence-electron chi connectivity index (χ1n) is 3.95. The number of hydrogen-bond acceptors (Lipinski definition) is 1. The highest BCUT2D eigenvalue weighted by atomic mass is 16.5. The molecule has 0 radical (unpaired) electrons. The SMILES string of the molecule is COC1CC=C(C(C)C)C1. The average Bonchev–Trinajstić information content (AvgIpc) is 2.34. The van der Waals surface area contributed by atoms with Crippen LogP contribution >= 0.6 is 0 Å². The molecule has 0 saturated heterocycles. The summed E-state index contributed by atoms with van der Waals surface area (Å²) in [7, 11) is 1.79. The van der Waals surface area contributed by atoms with Gasteiger partial charge in [0.2, 0.25) is 0 Å². The Bertz CT molecular complexity index is 136. The van der Waals surface area contributed by atoms with E-state index in [0.717, 1.165) is 12.8 Å². The minimum atomic E-state index is 0.470. The van der Waals surface area contributed by atoms with Crippen molar-refractivity contribution >= 4 is 0 Å². The predicted octanol–water partition coefficient (Wildman–Crippen LogP) is 2.38. The van der Waals surface area contributed by atoms with E-state index >= 15 is 0 Å². The van der Waals surface area contributed by atoms with Crippen LogP contribution in [-0.2, 0) is 4.74 Å². The van der Waals surface area contributed by atoms with E-state index in [0.29, 0.717) is 12.0 Å². The van der Waals surface area contributed by atoms with Gasteiger partial charge in [0, 0.05) is 7.11 Å². The normalized spacial score (nSPS) is 25.6. The van der Waals surface area contributed by atoms with Crippen LogP contribution in [0.5, 0.6) is 0 Å². The van der Waals surface area contributed by atoms with Crippen LogP contribution in [0.2, 0.25) is 0 Å². The third-order valence-corrected chi connectivity index (χ3v) is 2.18. The lowest BCUT2D eigenvalue weighted by atomic mass is 10.0. The Balaban J connectivity index is 2.39. The van der Waals surface area contributed by atoms with Gasteiger partial charge in [-0.15, -0.1) is 0 Å². The fraction of sp³-hybridized carbons (Fsp3) is 0.778. The van der Waals surface area contributed by atoms with Crippen LogP contribution in [0, 0.1) is 5.92 Å². The summed E-state index contributed by atoms with van der Waals surface area (Å²) in [5.74, 6) is 0.708. The highest BCUT2D eigenvalue weighted by Crippen LogP contribution is 2.26. The molecule has 0 saturated carbocycles. The van der Waals surface area contributed by atoms with E-state index in [9.17, 15) is 0 Å². The number of methoxy groups -OCH3 is 1. The van der Waals surface area contributed by atoms with Crippen molar-refractivity contribution < 1.29 is 4.74 Å². The second-order valence-corrected chi connectivity index (χ2v) is 3.23. The fourth-order valence-corrected chi connectivity index (χ4v) is 1.36. The largest absolute Gasteiger partial charge is 0.381 e. The number of hydrogen-bond donors (Lipinski definition) is 0. The van der Waals surface area contributed by atoms with Gasteiger partial charge in [-0.05, 0) is 18.8 Å². The van der Waals surface area contributed by atoms with Crippen LogP contribution in [0.4, 0.5) is 0 Å². The van der Waals surface area contributed by atoms with Crippen molar-refractivity contribution in [1.29, 1.82) is 0 Å². The second kappa shape index (κ2) is 3.20. The van der Waals surface area contributed by atoms with Crippen molar-refractivity contribution in [2.45, 2.75) is 32.8 Å². The monoisotopic (exact) mass is 140 g/mol. The summed E-state index contributed by atoms with van der Waals surface area (Å²) >= 11 is 0. The first-order valence-corrected chi connectivity index (χ1v) is 3.95. The molecular weight excluding hydrogens is 124 g/mol. The summed E-state index contributed by atoms with van der Waals surface area (Å²) < 4.78 is 5.24. The third kappa shape index (κ3) is 1.60. The van der Waals surface area contributed by atoms with Crippen molar-refractivity contribution in [3.8, 4) is 0 Å². The number of rotatable bonds is 2. The first-order chi connectivity index (χ1) is 4.74. The molecule has 0 aliphatic heterocycles. The Morgan fingerprint density at radius 3 is 2.60 bits per heavy atom. The van der Waals surface area contributed by atoms with E-state index in [1.807, 2.05) is 0 Å². The summed E-state index contributed by atoms with van der Waals surface area (Å²) in [5.41, 5.74) is 1.56. The van der Waals surface area contributed by atoms with Crippen molar-refractivity contribution in [1.82, 2.24) is 0 Å². The van der Waals surface area contributed by atoms with Gasteiger partial charge in [0.1, 0.15) is 0 Å². The average molecular weight is 140 g/mol. The molecule has 0 N–H and O–H groups in total. The van der Waals surface area contributed by atoms with E-state index < -0.39 is 0 Å². The maximum Gasteiger partial charge on any atom is 0.0642 e. The van der Waals surface area contributed by atoms with E-state index in [4.69, 9.17) is 4.74 Å². The van der Waals surface area contributed by atoms with Gasteiger partial charge in [-0.25, -0.2) is 0 Å². The number of ether oxygens (including phenoxy) is 1. The molecule has 1 heteroatoms. The van der Waals surface area contributed by atoms with Gasteiger partial charge in [-0.3, -0.25) is 0 Å². The highest BCUT2D eigenvalue weighted by molar-refractivity contribution is 5.12. The summed E-state index contributed by atoms with van der Waals surface area (Å²) in [6.07, 6.45) is 5.05. The Hall–Kier alpha value is -0.300. The molecule has 0 aromatic rings. The minimum Gasteiger partial charge on any atom is -0.381 e. The molecular formula is C9H16O. The van der Waals surface area contributed by atoms with Gasteiger partial charge in [0.25, 0.3) is 0 Å². The molecule has 0 amide bonds. The summed E-state index contributed by atoms with van der Waals surface area (Å²) in [4.78, 5) is 0. The van der Waals surface area contributed by atoms with Crippen molar-refractivity contribution in [3.05, 3.63) is 11.6 Å². The molecule has 10 heavy (non-hydrogen) atoms. The van der Waals surface area contributed by atoms with E-state index in [2.05, 4.69) is 19.9 Å². The third-order valence-electron chi connectivity index (χ3n) is 2.18. The molecule has 1 unspecified atom stereocenters. The van der Waals surface area contributed by atoms with Gasteiger partial charge in [-0.2, -0.15) is 0 Å². The molecule has 0 spiro atoms. The standard InChI is InChI=1S/C9H16O/c1-7(2)8-4-5-9(6-8)10-3/h4,7,9H,5-6H2,1-3H3. The van der Waals surface area contributed by atoms with E-state index in [1.54, 1.807) is 12.7 Å². The zero-order chi connectivity index (χ0) is 7.56. The molecule has 0 fully saturated rings. The lowest BCUT2D eigenvalue weighted by molar-refractivity contribution is 0.111. The van der Waals surface area contributed by atoms with Gasteiger partial charge in [0.15, 0.2) is 0 Å². The molecule has 58 valence electrons. The van der Waals surface area contributed by atoms with Crippen LogP contribution in [-0.4, -0.2) is 13.2 Å². The van der Waals surface area contributed by atoms with Crippen LogP contribution in [0.25, 0.3) is 0 Å². The Morgan fingerprint density at radius 2 is 2.30 bits per heavy atom. The summed E-state index contributed by atoms with van der Waals surface area (Å²) in [6, 6.07) is 0. The molecule has 1 aliphatic carbocycles. The zero-order valence-corrected chi connectivity index (χ0v) is 7.05. The van der Waals surface area contributed by atoms with Crippen LogP contribution < -0.4 is 0 Å². The van der Waals surface area contributed by atoms with E-state index in [-0.39, 0.29) is 0 Å². The summed E-state index contributed by atoms with van der Waals surface area (Å²) in [5, 5.41) is 0. The Kier molecular flexibility index (Phi) is 2.50. The highest BCUT2D eigenvalue weighted by Gasteiger charge is 2.17. The maximum absolute atomic E-state index is 5.24. The fourth-order valence-electron chi connectivity index (χ4n) is 1.36. The topological polar surface area (TPSA) is 9.23 Å². The van der Waals surface area contributed by atoms with Crippen molar-refractivity contribution in [2.75, 3.05) is 7.11 Å². The van der Waals surface area contributed by atoms with Crippen LogP contribution in [0.3, 0.4) is 0 Å². The quantitative estimate of drug-likeness (QED) is 0.535. The summed E-state index contributed by atoms with van der Waals surface area (Å²) in [6.45, 7) is 4.48. The smallest absolute Gasteiger partial charge is 0.0642 e. The molecule has 1 atom stereocenters. The van der Waals surface area contributed by atoms with Gasteiger partial charge in [-0.1, -0.05) is 25.5 Å². The Labute approximate surface area is 63.1 Å². The van der Waals surface area contributed by atoms with Gasteiger partial charge in [0.05, 0.1) is 6.10 Å². The molecule has 1 aliphatic rings. The minimum absolute atomic E-state index is 0.470. The lowest BCUT2D eigenvalue weighted by Gasteiger charge is -2.09. The van der Waals surface area contributed by atoms with E-state index in [1.165, 1.54) is 0 Å². The second-order valence-electron chi connectivity index (χ2n) is 3.23. The van der Waals surface area contributed by atoms with Crippen LogP contribution in [0.1, 0.15) is 26.7 Å². The maximum atomic E-state index is 5.24. The van der Waals surface area contributed by atoms with Crippen LogP contribution in [0.15, 0.2) is 11.6 Å².